The molecule has 0 radical (unpaired) electrons. The monoisotopic (exact) mass is 709 g/mol. The Hall–Kier alpha value is -6.95. The first kappa shape index (κ1) is 30.7. The van der Waals surface area contributed by atoms with Crippen LogP contribution in [0.5, 0.6) is 0 Å². The second-order valence-electron chi connectivity index (χ2n) is 13.6. The van der Waals surface area contributed by atoms with E-state index in [0.29, 0.717) is 0 Å². The van der Waals surface area contributed by atoms with Crippen LogP contribution in [-0.2, 0) is 0 Å². The van der Waals surface area contributed by atoms with Crippen molar-refractivity contribution in [1.82, 2.24) is 4.98 Å². The lowest BCUT2D eigenvalue weighted by molar-refractivity contribution is 0.669. The minimum atomic E-state index is 0.855. The molecular formula is C49H31N3OS. The molecule has 4 nitrogen and oxygen atoms in total. The number of fused-ring (bicyclic) bond motifs is 9. The van der Waals surface area contributed by atoms with Crippen LogP contribution in [0.4, 0.5) is 34.3 Å². The van der Waals surface area contributed by atoms with Gasteiger partial charge in [0.1, 0.15) is 17.0 Å². The molecule has 0 N–H and O–H groups in total. The Balaban J connectivity index is 1.15. The predicted octanol–water partition coefficient (Wildman–Crippen LogP) is 14.6. The summed E-state index contributed by atoms with van der Waals surface area (Å²) in [4.78, 5) is 9.39. The van der Waals surface area contributed by atoms with Gasteiger partial charge in [0.25, 0.3) is 0 Å². The van der Waals surface area contributed by atoms with Gasteiger partial charge in [0.05, 0.1) is 0 Å². The molecule has 5 heteroatoms. The number of anilines is 6. The number of hydrogen-bond acceptors (Lipinski definition) is 5. The highest BCUT2D eigenvalue weighted by atomic mass is 32.1. The summed E-state index contributed by atoms with van der Waals surface area (Å²) in [5.74, 6) is 0.855. The van der Waals surface area contributed by atoms with Crippen LogP contribution >= 0.6 is 11.3 Å². The quantitative estimate of drug-likeness (QED) is 0.161. The van der Waals surface area contributed by atoms with Gasteiger partial charge >= 0.3 is 0 Å². The molecule has 3 aromatic heterocycles. The van der Waals surface area contributed by atoms with Gasteiger partial charge in [0.2, 0.25) is 0 Å². The summed E-state index contributed by atoms with van der Waals surface area (Å²) in [6.07, 6.45) is 1.85. The zero-order valence-electron chi connectivity index (χ0n) is 29.1. The molecule has 0 bridgehead atoms. The van der Waals surface area contributed by atoms with Gasteiger partial charge in [-0.05, 0) is 119 Å². The average Bonchev–Trinajstić information content (AvgIpc) is 3.79. The average molecular weight is 710 g/mol. The number of aromatic nitrogens is 1. The van der Waals surface area contributed by atoms with E-state index in [-0.39, 0.29) is 0 Å². The maximum absolute atomic E-state index is 6.29. The highest BCUT2D eigenvalue weighted by Gasteiger charge is 2.20. The van der Waals surface area contributed by atoms with E-state index >= 15 is 0 Å². The van der Waals surface area contributed by atoms with Gasteiger partial charge in [0.15, 0.2) is 0 Å². The van der Waals surface area contributed by atoms with Crippen molar-refractivity contribution in [1.29, 1.82) is 0 Å². The van der Waals surface area contributed by atoms with Gasteiger partial charge < -0.3 is 9.32 Å². The lowest BCUT2D eigenvalue weighted by Gasteiger charge is -2.29. The van der Waals surface area contributed by atoms with Crippen molar-refractivity contribution >= 4 is 109 Å². The van der Waals surface area contributed by atoms with Gasteiger partial charge in [-0.1, -0.05) is 84.9 Å². The summed E-state index contributed by atoms with van der Waals surface area (Å²) in [6, 6.07) is 64.9. The number of para-hydroxylation sites is 2. The van der Waals surface area contributed by atoms with E-state index in [1.807, 2.05) is 47.9 Å². The third-order valence-electron chi connectivity index (χ3n) is 10.4. The minimum Gasteiger partial charge on any atom is -0.456 e. The molecule has 54 heavy (non-hydrogen) atoms. The van der Waals surface area contributed by atoms with Crippen LogP contribution < -0.4 is 9.80 Å². The Morgan fingerprint density at radius 1 is 0.370 bits per heavy atom. The smallest absolute Gasteiger partial charge is 0.137 e. The fourth-order valence-corrected chi connectivity index (χ4v) is 9.03. The maximum Gasteiger partial charge on any atom is 0.137 e. The number of furan rings is 1. The van der Waals surface area contributed by atoms with Gasteiger partial charge in [-0.25, -0.2) is 4.98 Å². The summed E-state index contributed by atoms with van der Waals surface area (Å²) in [5, 5.41) is 9.54. The van der Waals surface area contributed by atoms with Gasteiger partial charge in [-0.3, -0.25) is 4.90 Å². The molecule has 0 atom stereocenters. The van der Waals surface area contributed by atoms with Gasteiger partial charge in [-0.2, -0.15) is 0 Å². The summed E-state index contributed by atoms with van der Waals surface area (Å²) in [6.45, 7) is 0. The Bertz CT molecular complexity index is 3150. The molecule has 0 saturated carbocycles. The molecule has 3 heterocycles. The Labute approximate surface area is 315 Å². The number of hydrogen-bond donors (Lipinski definition) is 0. The lowest BCUT2D eigenvalue weighted by Crippen LogP contribution is -2.13. The van der Waals surface area contributed by atoms with Crippen molar-refractivity contribution in [3.8, 4) is 0 Å². The van der Waals surface area contributed by atoms with Crippen LogP contribution in [0, 0.1) is 0 Å². The first-order valence-corrected chi connectivity index (χ1v) is 18.9. The van der Waals surface area contributed by atoms with Crippen molar-refractivity contribution in [3.63, 3.8) is 0 Å². The van der Waals surface area contributed by atoms with Crippen LogP contribution in [-0.4, -0.2) is 4.98 Å². The number of pyridine rings is 1. The summed E-state index contributed by atoms with van der Waals surface area (Å²) < 4.78 is 8.86. The summed E-state index contributed by atoms with van der Waals surface area (Å²) in [7, 11) is 0. The van der Waals surface area contributed by atoms with Crippen LogP contribution in [0.2, 0.25) is 0 Å². The van der Waals surface area contributed by atoms with Crippen molar-refractivity contribution in [3.05, 3.63) is 188 Å². The first-order chi connectivity index (χ1) is 26.7. The van der Waals surface area contributed by atoms with Crippen LogP contribution in [0.1, 0.15) is 0 Å². The van der Waals surface area contributed by atoms with Crippen LogP contribution in [0.15, 0.2) is 193 Å². The van der Waals surface area contributed by atoms with Crippen LogP contribution in [0.3, 0.4) is 0 Å². The molecule has 0 aliphatic rings. The molecule has 0 fully saturated rings. The number of thiophene rings is 1. The van der Waals surface area contributed by atoms with Crippen molar-refractivity contribution in [2.24, 2.45) is 0 Å². The highest BCUT2D eigenvalue weighted by molar-refractivity contribution is 7.25. The molecule has 0 saturated heterocycles. The van der Waals surface area contributed by atoms with E-state index in [0.717, 1.165) is 61.6 Å². The molecule has 0 amide bonds. The van der Waals surface area contributed by atoms with Crippen molar-refractivity contribution in [2.45, 2.75) is 0 Å². The topological polar surface area (TPSA) is 32.5 Å². The van der Waals surface area contributed by atoms with Crippen LogP contribution in [0.25, 0.3) is 63.7 Å². The number of benzene rings is 8. The maximum atomic E-state index is 6.29. The van der Waals surface area contributed by atoms with E-state index in [1.54, 1.807) is 0 Å². The molecule has 0 aliphatic heterocycles. The molecule has 254 valence electrons. The first-order valence-electron chi connectivity index (χ1n) is 18.1. The number of nitrogens with zero attached hydrogens (tertiary/aromatic N) is 3. The predicted molar refractivity (Wildman–Crippen MR) is 229 cm³/mol. The third kappa shape index (κ3) is 5.01. The van der Waals surface area contributed by atoms with E-state index in [2.05, 4.69) is 161 Å². The fourth-order valence-electron chi connectivity index (χ4n) is 7.95. The Morgan fingerprint density at radius 3 is 1.89 bits per heavy atom. The fraction of sp³-hybridized carbons (Fsp3) is 0. The molecule has 8 aromatic carbocycles. The molecule has 0 unspecified atom stereocenters. The second kappa shape index (κ2) is 12.3. The lowest BCUT2D eigenvalue weighted by atomic mass is 9.99. The second-order valence-corrected chi connectivity index (χ2v) is 14.7. The molecular weight excluding hydrogens is 679 g/mol. The number of rotatable bonds is 6. The highest BCUT2D eigenvalue weighted by Crippen LogP contribution is 2.44. The van der Waals surface area contributed by atoms with Crippen molar-refractivity contribution in [2.75, 3.05) is 9.80 Å². The van der Waals surface area contributed by atoms with Gasteiger partial charge in [0, 0.05) is 65.6 Å². The SMILES string of the molecule is c1ccc(N(c2cccc(N(c3ccc4ccc5cc6oc7ccccc7c6cc5c4c3)c3ccc4sc5ccccc5c4c3)c2)c2ccccn2)cc1. The minimum absolute atomic E-state index is 0.855. The largest absolute Gasteiger partial charge is 0.456 e. The van der Waals surface area contributed by atoms with Gasteiger partial charge in [-0.15, -0.1) is 11.3 Å². The van der Waals surface area contributed by atoms with Crippen molar-refractivity contribution < 1.29 is 4.42 Å². The zero-order chi connectivity index (χ0) is 35.6. The molecule has 11 aromatic rings. The van der Waals surface area contributed by atoms with E-state index in [4.69, 9.17) is 9.40 Å². The zero-order valence-corrected chi connectivity index (χ0v) is 29.9. The molecule has 0 aliphatic carbocycles. The van der Waals surface area contributed by atoms with E-state index in [1.165, 1.54) is 36.3 Å². The summed E-state index contributed by atoms with van der Waals surface area (Å²) >= 11 is 1.84. The van der Waals surface area contributed by atoms with E-state index in [9.17, 15) is 0 Å². The third-order valence-corrected chi connectivity index (χ3v) is 11.6. The Kier molecular flexibility index (Phi) is 7.00. The van der Waals surface area contributed by atoms with E-state index < -0.39 is 0 Å². The molecule has 11 rings (SSSR count). The normalized spacial score (nSPS) is 11.7. The Morgan fingerprint density at radius 2 is 1.02 bits per heavy atom. The summed E-state index contributed by atoms with van der Waals surface area (Å²) in [5.41, 5.74) is 7.09. The standard InChI is InChI=1S/C49H31N3OS/c1-2-11-34(12-3-1)52(49-19-8-9-26-50-49)36-14-10-13-35(28-36)51(38-24-25-48-44(30-38)40-16-5-7-18-47(40)54-48)37-23-22-32-20-21-33-27-46-43(31-42(33)41(32)29-37)39-15-4-6-17-45(39)53-46/h1-31H. The molecule has 0 spiro atoms.